The summed E-state index contributed by atoms with van der Waals surface area (Å²) < 4.78 is 0. The molecule has 0 saturated heterocycles. The molecular weight excluding hydrogens is 279 g/mol. The number of nitrogens with one attached hydrogen (secondary N) is 1. The molecule has 0 aliphatic heterocycles. The van der Waals surface area contributed by atoms with Crippen LogP contribution >= 0.6 is 23.2 Å². The van der Waals surface area contributed by atoms with Crippen LogP contribution in [0.2, 0.25) is 10.0 Å². The molecule has 1 aromatic rings. The van der Waals surface area contributed by atoms with Crippen molar-refractivity contribution in [3.63, 3.8) is 0 Å². The van der Waals surface area contributed by atoms with Gasteiger partial charge in [-0.3, -0.25) is 4.79 Å². The quantitative estimate of drug-likeness (QED) is 0.899. The predicted octanol–water partition coefficient (Wildman–Crippen LogP) is 2.85. The molecule has 0 unspecified atom stereocenters. The predicted molar refractivity (Wildman–Crippen MR) is 70.5 cm³/mol. The lowest BCUT2D eigenvalue weighted by Crippen LogP contribution is -2.35. The molecule has 2 amide bonds. The monoisotopic (exact) mass is 290 g/mol. The zero-order valence-corrected chi connectivity index (χ0v) is 11.3. The fourth-order valence-corrected chi connectivity index (χ4v) is 1.66. The van der Waals surface area contributed by atoms with Gasteiger partial charge < -0.3 is 15.3 Å². The van der Waals surface area contributed by atoms with E-state index in [0.717, 1.165) is 10.5 Å². The van der Waals surface area contributed by atoms with Gasteiger partial charge in [-0.1, -0.05) is 23.2 Å². The van der Waals surface area contributed by atoms with Crippen LogP contribution in [0.1, 0.15) is 5.56 Å². The van der Waals surface area contributed by atoms with Crippen molar-refractivity contribution in [2.24, 2.45) is 0 Å². The maximum absolute atomic E-state index is 11.6. The Hall–Kier alpha value is -1.46. The normalized spacial score (nSPS) is 10.0. The van der Waals surface area contributed by atoms with Gasteiger partial charge in [0.25, 0.3) is 0 Å². The Morgan fingerprint density at radius 2 is 1.94 bits per heavy atom. The lowest BCUT2D eigenvalue weighted by molar-refractivity contribution is -0.137. The largest absolute Gasteiger partial charge is 0.480 e. The van der Waals surface area contributed by atoms with Crippen molar-refractivity contribution in [1.29, 1.82) is 0 Å². The first kappa shape index (κ1) is 14.6. The molecule has 0 radical (unpaired) electrons. The number of rotatable bonds is 3. The number of carbonyl (C=O) groups is 2. The number of anilines is 1. The van der Waals surface area contributed by atoms with Crippen LogP contribution < -0.4 is 5.32 Å². The van der Waals surface area contributed by atoms with E-state index in [0.29, 0.717) is 15.7 Å². The molecule has 98 valence electrons. The van der Waals surface area contributed by atoms with Crippen LogP contribution in [0, 0.1) is 6.92 Å². The van der Waals surface area contributed by atoms with Gasteiger partial charge in [-0.2, -0.15) is 0 Å². The summed E-state index contributed by atoms with van der Waals surface area (Å²) in [5, 5.41) is 11.9. The summed E-state index contributed by atoms with van der Waals surface area (Å²) in [6.45, 7) is 1.39. The van der Waals surface area contributed by atoms with Crippen LogP contribution in [0.15, 0.2) is 12.1 Å². The first-order valence-corrected chi connectivity index (χ1v) is 5.76. The molecule has 0 fully saturated rings. The Kier molecular flexibility index (Phi) is 4.81. The van der Waals surface area contributed by atoms with E-state index in [9.17, 15) is 9.59 Å². The summed E-state index contributed by atoms with van der Waals surface area (Å²) in [6, 6.07) is 2.57. The van der Waals surface area contributed by atoms with E-state index in [4.69, 9.17) is 28.3 Å². The number of carboxylic acid groups (broad SMARTS) is 1. The highest BCUT2D eigenvalue weighted by atomic mass is 35.5. The van der Waals surface area contributed by atoms with Gasteiger partial charge in [0.05, 0.1) is 10.7 Å². The van der Waals surface area contributed by atoms with E-state index in [1.807, 2.05) is 0 Å². The topological polar surface area (TPSA) is 69.6 Å². The van der Waals surface area contributed by atoms with Crippen LogP contribution in [-0.2, 0) is 4.79 Å². The lowest BCUT2D eigenvalue weighted by Gasteiger charge is -2.16. The van der Waals surface area contributed by atoms with Gasteiger partial charge in [-0.25, -0.2) is 4.79 Å². The first-order valence-electron chi connectivity index (χ1n) is 5.01. The molecular formula is C11H12Cl2N2O3. The van der Waals surface area contributed by atoms with Gasteiger partial charge in [-0.15, -0.1) is 0 Å². The molecule has 1 aromatic carbocycles. The maximum atomic E-state index is 11.6. The minimum Gasteiger partial charge on any atom is -0.480 e. The number of aliphatic carboxylic acids is 1. The Morgan fingerprint density at radius 3 is 2.50 bits per heavy atom. The molecule has 7 heteroatoms. The van der Waals surface area contributed by atoms with Gasteiger partial charge in [-0.05, 0) is 24.6 Å². The number of aryl methyl sites for hydroxylation is 1. The second-order valence-electron chi connectivity index (χ2n) is 3.76. The Bertz CT molecular complexity index is 491. The Balaban J connectivity index is 2.82. The summed E-state index contributed by atoms with van der Waals surface area (Å²) in [7, 11) is 1.37. The van der Waals surface area contributed by atoms with Crippen LogP contribution in [0.5, 0.6) is 0 Å². The average Bonchev–Trinajstić information content (AvgIpc) is 2.24. The van der Waals surface area contributed by atoms with Crippen LogP contribution in [0.3, 0.4) is 0 Å². The first-order chi connectivity index (χ1) is 8.31. The average molecular weight is 291 g/mol. The Labute approximate surface area is 114 Å². The third kappa shape index (κ3) is 3.78. The molecule has 18 heavy (non-hydrogen) atoms. The summed E-state index contributed by atoms with van der Waals surface area (Å²) in [4.78, 5) is 23.1. The van der Waals surface area contributed by atoms with E-state index >= 15 is 0 Å². The highest BCUT2D eigenvalue weighted by molar-refractivity contribution is 6.36. The smallest absolute Gasteiger partial charge is 0.323 e. The molecule has 1 rings (SSSR count). The molecule has 0 atom stereocenters. The van der Waals surface area contributed by atoms with Crippen molar-refractivity contribution in [3.8, 4) is 0 Å². The number of likely N-dealkylation sites (N-methyl/N-ethyl adjacent to an activating group) is 1. The number of amides is 2. The van der Waals surface area contributed by atoms with Crippen molar-refractivity contribution in [2.75, 3.05) is 18.9 Å². The molecule has 0 spiro atoms. The zero-order chi connectivity index (χ0) is 13.9. The lowest BCUT2D eigenvalue weighted by atomic mass is 10.2. The number of hydrogen-bond acceptors (Lipinski definition) is 2. The highest BCUT2D eigenvalue weighted by Gasteiger charge is 2.14. The molecule has 0 heterocycles. The minimum atomic E-state index is -1.10. The summed E-state index contributed by atoms with van der Waals surface area (Å²) in [6.07, 6.45) is 0. The van der Waals surface area contributed by atoms with Gasteiger partial charge in [0.2, 0.25) is 0 Å². The fraction of sp³-hybridized carbons (Fsp3) is 0.273. The number of urea groups is 1. The standard InChI is InChI=1S/C11H12Cl2N2O3/c1-6-3-8(13)9(4-7(6)12)14-11(18)15(2)5-10(16)17/h3-4H,5H2,1-2H3,(H,14,18)(H,16,17). The van der Waals surface area contributed by atoms with Crippen molar-refractivity contribution in [3.05, 3.63) is 27.7 Å². The molecule has 2 N–H and O–H groups in total. The van der Waals surface area contributed by atoms with Crippen LogP contribution in [0.25, 0.3) is 0 Å². The van der Waals surface area contributed by atoms with E-state index in [2.05, 4.69) is 5.32 Å². The zero-order valence-electron chi connectivity index (χ0n) is 9.83. The van der Waals surface area contributed by atoms with Crippen LogP contribution in [0.4, 0.5) is 10.5 Å². The number of nitrogens with zero attached hydrogens (tertiary/aromatic N) is 1. The van der Waals surface area contributed by atoms with Gasteiger partial charge >= 0.3 is 12.0 Å². The fourth-order valence-electron chi connectivity index (χ4n) is 1.23. The highest BCUT2D eigenvalue weighted by Crippen LogP contribution is 2.28. The number of benzene rings is 1. The molecule has 0 aliphatic carbocycles. The number of hydrogen-bond donors (Lipinski definition) is 2. The van der Waals surface area contributed by atoms with Crippen molar-refractivity contribution in [2.45, 2.75) is 6.92 Å². The second-order valence-corrected chi connectivity index (χ2v) is 4.58. The van der Waals surface area contributed by atoms with Crippen molar-refractivity contribution >= 4 is 40.9 Å². The van der Waals surface area contributed by atoms with Gasteiger partial charge in [0, 0.05) is 12.1 Å². The van der Waals surface area contributed by atoms with E-state index in [1.165, 1.54) is 13.1 Å². The minimum absolute atomic E-state index is 0.342. The van der Waals surface area contributed by atoms with E-state index < -0.39 is 18.5 Å². The molecule has 0 bridgehead atoms. The van der Waals surface area contributed by atoms with E-state index in [1.54, 1.807) is 13.0 Å². The molecule has 0 saturated carbocycles. The van der Waals surface area contributed by atoms with Crippen LogP contribution in [-0.4, -0.2) is 35.6 Å². The van der Waals surface area contributed by atoms with Gasteiger partial charge in [0.15, 0.2) is 0 Å². The number of halogens is 2. The third-order valence-corrected chi connectivity index (χ3v) is 2.93. The SMILES string of the molecule is Cc1cc(Cl)c(NC(=O)N(C)CC(=O)O)cc1Cl. The Morgan fingerprint density at radius 1 is 1.33 bits per heavy atom. The molecule has 0 aromatic heterocycles. The summed E-state index contributed by atoms with van der Waals surface area (Å²) >= 11 is 11.9. The summed E-state index contributed by atoms with van der Waals surface area (Å²) in [5.41, 5.74) is 1.13. The van der Waals surface area contributed by atoms with Crippen molar-refractivity contribution in [1.82, 2.24) is 4.90 Å². The second kappa shape index (κ2) is 5.93. The molecule has 5 nitrogen and oxygen atoms in total. The maximum Gasteiger partial charge on any atom is 0.323 e. The number of carboxylic acids is 1. The van der Waals surface area contributed by atoms with Gasteiger partial charge in [0.1, 0.15) is 6.54 Å². The van der Waals surface area contributed by atoms with Crippen molar-refractivity contribution < 1.29 is 14.7 Å². The summed E-state index contributed by atoms with van der Waals surface area (Å²) in [5.74, 6) is -1.10. The molecule has 0 aliphatic rings. The third-order valence-electron chi connectivity index (χ3n) is 2.21. The number of carbonyl (C=O) groups excluding carboxylic acids is 1. The van der Waals surface area contributed by atoms with E-state index in [-0.39, 0.29) is 0 Å².